The molecule has 0 atom stereocenters. The van der Waals surface area contributed by atoms with Crippen molar-refractivity contribution in [3.8, 4) is 0 Å². The number of urea groups is 1. The van der Waals surface area contributed by atoms with E-state index >= 15 is 0 Å². The summed E-state index contributed by atoms with van der Waals surface area (Å²) in [5, 5.41) is 15.3. The maximum absolute atomic E-state index is 12.0. The molecule has 1 aliphatic rings. The van der Waals surface area contributed by atoms with Crippen molar-refractivity contribution in [1.29, 1.82) is 0 Å². The fourth-order valence-electron chi connectivity index (χ4n) is 2.69. The van der Waals surface area contributed by atoms with E-state index in [9.17, 15) is 9.90 Å². The number of aliphatic hydroxyl groups is 1. The third-order valence-electron chi connectivity index (χ3n) is 3.72. The molecule has 0 radical (unpaired) electrons. The molecule has 1 aliphatic carbocycles. The lowest BCUT2D eigenvalue weighted by molar-refractivity contribution is 0.118. The van der Waals surface area contributed by atoms with Crippen molar-refractivity contribution < 1.29 is 9.90 Å². The van der Waals surface area contributed by atoms with E-state index < -0.39 is 0 Å². The average molecular weight is 291 g/mol. The molecule has 5 heteroatoms. The van der Waals surface area contributed by atoms with E-state index in [4.69, 9.17) is 0 Å². The number of benzene rings is 1. The summed E-state index contributed by atoms with van der Waals surface area (Å²) >= 11 is 0. The minimum absolute atomic E-state index is 0.165. The van der Waals surface area contributed by atoms with Crippen molar-refractivity contribution in [3.05, 3.63) is 29.8 Å². The molecule has 1 fully saturated rings. The molecule has 1 aromatic carbocycles. The van der Waals surface area contributed by atoms with Crippen molar-refractivity contribution >= 4 is 11.7 Å². The Labute approximate surface area is 126 Å². The van der Waals surface area contributed by atoms with Gasteiger partial charge in [-0.25, -0.2) is 4.79 Å². The van der Waals surface area contributed by atoms with E-state index in [0.717, 1.165) is 37.9 Å². The lowest BCUT2D eigenvalue weighted by atomic mass is 9.93. The lowest BCUT2D eigenvalue weighted by Gasteiger charge is -2.26. The highest BCUT2D eigenvalue weighted by molar-refractivity contribution is 5.89. The zero-order chi connectivity index (χ0) is 15.2. The Morgan fingerprint density at radius 1 is 1.29 bits per heavy atom. The number of nitrogens with zero attached hydrogens (tertiary/aromatic N) is 1. The third kappa shape index (κ3) is 5.36. The molecule has 0 spiro atoms. The first kappa shape index (κ1) is 15.8. The van der Waals surface area contributed by atoms with Crippen molar-refractivity contribution in [2.75, 3.05) is 19.4 Å². The first-order valence-electron chi connectivity index (χ1n) is 7.52. The standard InChI is InChI=1S/C16H25N3O2/c1-19(2)11-12-4-3-5-14(10-12)18-16(21)17-13-6-8-15(20)9-7-13/h3-5,10,13,15,20H,6-9,11H2,1-2H3,(H2,17,18,21). The summed E-state index contributed by atoms with van der Waals surface area (Å²) in [5.41, 5.74) is 1.97. The number of hydrogen-bond donors (Lipinski definition) is 3. The smallest absolute Gasteiger partial charge is 0.319 e. The molecule has 0 heterocycles. The Bertz CT molecular complexity index is 468. The van der Waals surface area contributed by atoms with E-state index in [1.165, 1.54) is 5.56 Å². The molecule has 1 saturated carbocycles. The van der Waals surface area contributed by atoms with Gasteiger partial charge in [-0.3, -0.25) is 0 Å². The molecular formula is C16H25N3O2. The lowest BCUT2D eigenvalue weighted by Crippen LogP contribution is -2.40. The number of carbonyl (C=O) groups is 1. The highest BCUT2D eigenvalue weighted by Gasteiger charge is 2.20. The van der Waals surface area contributed by atoms with Gasteiger partial charge in [0.2, 0.25) is 0 Å². The Balaban J connectivity index is 1.84. The predicted octanol–water partition coefficient (Wildman–Crippen LogP) is 2.17. The van der Waals surface area contributed by atoms with E-state index in [1.54, 1.807) is 0 Å². The number of nitrogens with one attached hydrogen (secondary N) is 2. The Morgan fingerprint density at radius 3 is 2.67 bits per heavy atom. The Hall–Kier alpha value is -1.59. The summed E-state index contributed by atoms with van der Waals surface area (Å²) in [6.45, 7) is 0.845. The van der Waals surface area contributed by atoms with Gasteiger partial charge in [0.05, 0.1) is 6.10 Å². The highest BCUT2D eigenvalue weighted by Crippen LogP contribution is 2.18. The maximum atomic E-state index is 12.0. The van der Waals surface area contributed by atoms with E-state index in [1.807, 2.05) is 38.4 Å². The van der Waals surface area contributed by atoms with Crippen LogP contribution in [0, 0.1) is 0 Å². The van der Waals surface area contributed by atoms with Gasteiger partial charge >= 0.3 is 6.03 Å². The zero-order valence-corrected chi connectivity index (χ0v) is 12.8. The van der Waals surface area contributed by atoms with Gasteiger partial charge in [0.25, 0.3) is 0 Å². The van der Waals surface area contributed by atoms with Crippen LogP contribution in [0.1, 0.15) is 31.2 Å². The molecule has 116 valence electrons. The molecule has 2 rings (SSSR count). The summed E-state index contributed by atoms with van der Waals surface area (Å²) in [6.07, 6.45) is 3.02. The number of rotatable bonds is 4. The molecule has 0 aromatic heterocycles. The molecule has 0 aliphatic heterocycles. The maximum Gasteiger partial charge on any atom is 0.319 e. The van der Waals surface area contributed by atoms with Crippen molar-refractivity contribution in [2.45, 2.75) is 44.4 Å². The van der Waals surface area contributed by atoms with Crippen LogP contribution in [0.4, 0.5) is 10.5 Å². The van der Waals surface area contributed by atoms with Crippen molar-refractivity contribution in [2.24, 2.45) is 0 Å². The molecule has 0 saturated heterocycles. The first-order valence-corrected chi connectivity index (χ1v) is 7.52. The Morgan fingerprint density at radius 2 is 2.00 bits per heavy atom. The SMILES string of the molecule is CN(C)Cc1cccc(NC(=O)NC2CCC(O)CC2)c1. The summed E-state index contributed by atoms with van der Waals surface area (Å²) in [4.78, 5) is 14.1. The van der Waals surface area contributed by atoms with Crippen LogP contribution in [-0.4, -0.2) is 42.3 Å². The molecular weight excluding hydrogens is 266 g/mol. The number of amides is 2. The fraction of sp³-hybridized carbons (Fsp3) is 0.562. The molecule has 21 heavy (non-hydrogen) atoms. The van der Waals surface area contributed by atoms with Gasteiger partial charge < -0.3 is 20.6 Å². The quantitative estimate of drug-likeness (QED) is 0.796. The number of carbonyl (C=O) groups excluding carboxylic acids is 1. The van der Waals surface area contributed by atoms with Crippen LogP contribution in [0.15, 0.2) is 24.3 Å². The minimum atomic E-state index is -0.200. The van der Waals surface area contributed by atoms with Crippen LogP contribution < -0.4 is 10.6 Å². The Kier molecular flexibility index (Phi) is 5.59. The second kappa shape index (κ2) is 7.43. The third-order valence-corrected chi connectivity index (χ3v) is 3.72. The average Bonchev–Trinajstić information content (AvgIpc) is 2.41. The number of aliphatic hydroxyl groups excluding tert-OH is 1. The predicted molar refractivity (Wildman–Crippen MR) is 84.3 cm³/mol. The van der Waals surface area contributed by atoms with Gasteiger partial charge in [-0.2, -0.15) is 0 Å². The van der Waals surface area contributed by atoms with Crippen LogP contribution in [0.25, 0.3) is 0 Å². The van der Waals surface area contributed by atoms with Gasteiger partial charge in [0.1, 0.15) is 0 Å². The zero-order valence-electron chi connectivity index (χ0n) is 12.8. The summed E-state index contributed by atoms with van der Waals surface area (Å²) in [6, 6.07) is 7.88. The van der Waals surface area contributed by atoms with Crippen molar-refractivity contribution in [1.82, 2.24) is 10.2 Å². The monoisotopic (exact) mass is 291 g/mol. The highest BCUT2D eigenvalue weighted by atomic mass is 16.3. The number of hydrogen-bond acceptors (Lipinski definition) is 3. The first-order chi connectivity index (χ1) is 10.0. The van der Waals surface area contributed by atoms with E-state index in [0.29, 0.717) is 0 Å². The second-order valence-corrected chi connectivity index (χ2v) is 6.04. The van der Waals surface area contributed by atoms with Crippen LogP contribution in [0.3, 0.4) is 0 Å². The molecule has 2 amide bonds. The van der Waals surface area contributed by atoms with Gasteiger partial charge in [-0.1, -0.05) is 12.1 Å². The van der Waals surface area contributed by atoms with E-state index in [-0.39, 0.29) is 18.2 Å². The van der Waals surface area contributed by atoms with Crippen LogP contribution >= 0.6 is 0 Å². The van der Waals surface area contributed by atoms with Gasteiger partial charge in [-0.15, -0.1) is 0 Å². The van der Waals surface area contributed by atoms with E-state index in [2.05, 4.69) is 15.5 Å². The number of anilines is 1. The minimum Gasteiger partial charge on any atom is -0.393 e. The van der Waals surface area contributed by atoms with Crippen LogP contribution in [-0.2, 0) is 6.54 Å². The summed E-state index contributed by atoms with van der Waals surface area (Å²) < 4.78 is 0. The molecule has 0 bridgehead atoms. The molecule has 3 N–H and O–H groups in total. The molecule has 5 nitrogen and oxygen atoms in total. The normalized spacial score (nSPS) is 22.1. The topological polar surface area (TPSA) is 64.6 Å². The largest absolute Gasteiger partial charge is 0.393 e. The van der Waals surface area contributed by atoms with Gasteiger partial charge in [0, 0.05) is 18.3 Å². The summed E-state index contributed by atoms with van der Waals surface area (Å²) in [7, 11) is 4.04. The van der Waals surface area contributed by atoms with Crippen LogP contribution in [0.5, 0.6) is 0 Å². The van der Waals surface area contributed by atoms with Gasteiger partial charge in [-0.05, 0) is 57.5 Å². The van der Waals surface area contributed by atoms with Crippen LogP contribution in [0.2, 0.25) is 0 Å². The van der Waals surface area contributed by atoms with Crippen molar-refractivity contribution in [3.63, 3.8) is 0 Å². The molecule has 1 aromatic rings. The fourth-order valence-corrected chi connectivity index (χ4v) is 2.69. The van der Waals surface area contributed by atoms with Gasteiger partial charge in [0.15, 0.2) is 0 Å². The molecule has 0 unspecified atom stereocenters. The summed E-state index contributed by atoms with van der Waals surface area (Å²) in [5.74, 6) is 0. The second-order valence-electron chi connectivity index (χ2n) is 6.04.